The molecular weight excluding hydrogens is 353 g/mol. The number of hydrogen-bond acceptors (Lipinski definition) is 2. The van der Waals surface area contributed by atoms with Gasteiger partial charge in [0.1, 0.15) is 6.54 Å². The Morgan fingerprint density at radius 2 is 1.96 bits per heavy atom. The fourth-order valence-electron chi connectivity index (χ4n) is 2.97. The van der Waals surface area contributed by atoms with Crippen molar-refractivity contribution >= 4 is 18.3 Å². The molecular formula is C18H26ClF3N2O. The van der Waals surface area contributed by atoms with Crippen molar-refractivity contribution in [3.05, 3.63) is 35.4 Å². The van der Waals surface area contributed by atoms with E-state index in [4.69, 9.17) is 0 Å². The Hall–Kier alpha value is -1.27. The SMILES string of the molecule is Cc1ccc(CCN(CC(F)(F)F)C(=O)CCC2CCNC2)cc1.Cl. The summed E-state index contributed by atoms with van der Waals surface area (Å²) < 4.78 is 38.3. The molecule has 1 aromatic carbocycles. The van der Waals surface area contributed by atoms with Crippen LogP contribution in [0.3, 0.4) is 0 Å². The number of carbonyl (C=O) groups is 1. The molecule has 1 aliphatic rings. The first-order valence-corrected chi connectivity index (χ1v) is 8.44. The Morgan fingerprint density at radius 1 is 1.28 bits per heavy atom. The predicted molar refractivity (Wildman–Crippen MR) is 95.0 cm³/mol. The Bertz CT molecular complexity index is 528. The van der Waals surface area contributed by atoms with Crippen molar-refractivity contribution < 1.29 is 18.0 Å². The van der Waals surface area contributed by atoms with Crippen molar-refractivity contribution in [2.75, 3.05) is 26.2 Å². The van der Waals surface area contributed by atoms with Gasteiger partial charge in [-0.1, -0.05) is 29.8 Å². The van der Waals surface area contributed by atoms with E-state index < -0.39 is 18.6 Å². The summed E-state index contributed by atoms with van der Waals surface area (Å²) >= 11 is 0. The molecule has 2 rings (SSSR count). The number of halogens is 4. The van der Waals surface area contributed by atoms with E-state index in [0.717, 1.165) is 35.5 Å². The normalized spacial score (nSPS) is 17.2. The monoisotopic (exact) mass is 378 g/mol. The van der Waals surface area contributed by atoms with Gasteiger partial charge in [-0.05, 0) is 50.8 Å². The second-order valence-electron chi connectivity index (χ2n) is 6.56. The van der Waals surface area contributed by atoms with Crippen molar-refractivity contribution in [1.82, 2.24) is 10.2 Å². The highest BCUT2D eigenvalue weighted by Crippen LogP contribution is 2.20. The smallest absolute Gasteiger partial charge is 0.333 e. The van der Waals surface area contributed by atoms with E-state index in [-0.39, 0.29) is 25.4 Å². The third-order valence-electron chi connectivity index (χ3n) is 4.44. The van der Waals surface area contributed by atoms with E-state index in [1.807, 2.05) is 31.2 Å². The van der Waals surface area contributed by atoms with Crippen LogP contribution in [0.5, 0.6) is 0 Å². The summed E-state index contributed by atoms with van der Waals surface area (Å²) in [7, 11) is 0. The Morgan fingerprint density at radius 3 is 2.52 bits per heavy atom. The van der Waals surface area contributed by atoms with Crippen LogP contribution in [0, 0.1) is 12.8 Å². The van der Waals surface area contributed by atoms with Crippen LogP contribution in [-0.2, 0) is 11.2 Å². The summed E-state index contributed by atoms with van der Waals surface area (Å²) in [6.07, 6.45) is -2.08. The molecule has 0 bridgehead atoms. The second kappa shape index (κ2) is 10.0. The van der Waals surface area contributed by atoms with Crippen LogP contribution in [-0.4, -0.2) is 43.2 Å². The maximum atomic E-state index is 12.8. The van der Waals surface area contributed by atoms with Crippen molar-refractivity contribution in [1.29, 1.82) is 0 Å². The first-order valence-electron chi connectivity index (χ1n) is 8.44. The zero-order valence-electron chi connectivity index (χ0n) is 14.4. The Balaban J connectivity index is 0.00000312. The van der Waals surface area contributed by atoms with Crippen molar-refractivity contribution in [2.24, 2.45) is 5.92 Å². The zero-order valence-corrected chi connectivity index (χ0v) is 15.3. The van der Waals surface area contributed by atoms with Gasteiger partial charge in [0.15, 0.2) is 0 Å². The number of benzene rings is 1. The quantitative estimate of drug-likeness (QED) is 0.784. The maximum absolute atomic E-state index is 12.8. The number of aryl methyl sites for hydroxylation is 1. The van der Waals surface area contributed by atoms with Gasteiger partial charge in [0.05, 0.1) is 0 Å². The lowest BCUT2D eigenvalue weighted by Gasteiger charge is -2.24. The fraction of sp³-hybridized carbons (Fsp3) is 0.611. The molecule has 1 fully saturated rings. The Kier molecular flexibility index (Phi) is 8.73. The van der Waals surface area contributed by atoms with E-state index in [1.54, 1.807) is 0 Å². The van der Waals surface area contributed by atoms with Gasteiger partial charge in [0, 0.05) is 13.0 Å². The summed E-state index contributed by atoms with van der Waals surface area (Å²) in [5, 5.41) is 3.21. The molecule has 1 amide bonds. The molecule has 0 spiro atoms. The van der Waals surface area contributed by atoms with E-state index in [9.17, 15) is 18.0 Å². The molecule has 0 saturated carbocycles. The maximum Gasteiger partial charge on any atom is 0.406 e. The molecule has 1 atom stereocenters. The third kappa shape index (κ3) is 8.10. The van der Waals surface area contributed by atoms with Crippen molar-refractivity contribution in [3.63, 3.8) is 0 Å². The van der Waals surface area contributed by atoms with Gasteiger partial charge >= 0.3 is 6.18 Å². The number of nitrogens with one attached hydrogen (secondary N) is 1. The molecule has 1 N–H and O–H groups in total. The molecule has 25 heavy (non-hydrogen) atoms. The number of hydrogen-bond donors (Lipinski definition) is 1. The number of amides is 1. The molecule has 1 aromatic rings. The van der Waals surface area contributed by atoms with Crippen molar-refractivity contribution in [3.8, 4) is 0 Å². The molecule has 1 heterocycles. The standard InChI is InChI=1S/C18H25F3N2O.ClH/c1-14-2-4-15(5-3-14)9-11-23(13-18(19,20)21)17(24)7-6-16-8-10-22-12-16;/h2-5,16,22H,6-13H2,1H3;1H. The van der Waals surface area contributed by atoms with Crippen LogP contribution in [0.2, 0.25) is 0 Å². The molecule has 1 aliphatic heterocycles. The van der Waals surface area contributed by atoms with Crippen LogP contribution in [0.4, 0.5) is 13.2 Å². The Labute approximate surface area is 153 Å². The molecule has 3 nitrogen and oxygen atoms in total. The topological polar surface area (TPSA) is 32.3 Å². The minimum absolute atomic E-state index is 0. The van der Waals surface area contributed by atoms with Crippen LogP contribution in [0.15, 0.2) is 24.3 Å². The highest BCUT2D eigenvalue weighted by atomic mass is 35.5. The van der Waals surface area contributed by atoms with E-state index >= 15 is 0 Å². The number of nitrogens with zero attached hydrogens (tertiary/aromatic N) is 1. The molecule has 0 radical (unpaired) electrons. The van der Waals surface area contributed by atoms with Crippen LogP contribution in [0.25, 0.3) is 0 Å². The average Bonchev–Trinajstić information content (AvgIpc) is 3.03. The van der Waals surface area contributed by atoms with E-state index in [0.29, 0.717) is 18.8 Å². The summed E-state index contributed by atoms with van der Waals surface area (Å²) in [4.78, 5) is 13.2. The average molecular weight is 379 g/mol. The highest BCUT2D eigenvalue weighted by Gasteiger charge is 2.33. The summed E-state index contributed by atoms with van der Waals surface area (Å²) in [6.45, 7) is 2.68. The van der Waals surface area contributed by atoms with E-state index in [2.05, 4.69) is 5.32 Å². The summed E-state index contributed by atoms with van der Waals surface area (Å²) in [5.74, 6) is 0.00474. The van der Waals surface area contributed by atoms with Crippen LogP contribution >= 0.6 is 12.4 Å². The van der Waals surface area contributed by atoms with Gasteiger partial charge in [-0.25, -0.2) is 0 Å². The van der Waals surface area contributed by atoms with Gasteiger partial charge in [-0.15, -0.1) is 12.4 Å². The van der Waals surface area contributed by atoms with E-state index in [1.165, 1.54) is 0 Å². The van der Waals surface area contributed by atoms with Gasteiger partial charge in [-0.2, -0.15) is 13.2 Å². The lowest BCUT2D eigenvalue weighted by Crippen LogP contribution is -2.40. The predicted octanol–water partition coefficient (Wildman–Crippen LogP) is 3.74. The summed E-state index contributed by atoms with van der Waals surface area (Å²) in [5.41, 5.74) is 2.05. The number of alkyl halides is 3. The number of rotatable bonds is 7. The van der Waals surface area contributed by atoms with Crippen LogP contribution < -0.4 is 5.32 Å². The molecule has 1 saturated heterocycles. The fourth-order valence-corrected chi connectivity index (χ4v) is 2.97. The lowest BCUT2D eigenvalue weighted by molar-refractivity contribution is -0.161. The zero-order chi connectivity index (χ0) is 17.6. The van der Waals surface area contributed by atoms with Crippen molar-refractivity contribution in [2.45, 2.75) is 38.8 Å². The first-order chi connectivity index (χ1) is 11.3. The lowest BCUT2D eigenvalue weighted by atomic mass is 10.0. The molecule has 1 unspecified atom stereocenters. The number of carbonyl (C=O) groups excluding carboxylic acids is 1. The van der Waals surface area contributed by atoms with Gasteiger partial charge in [0.2, 0.25) is 5.91 Å². The van der Waals surface area contributed by atoms with Gasteiger partial charge < -0.3 is 10.2 Å². The second-order valence-corrected chi connectivity index (χ2v) is 6.56. The van der Waals surface area contributed by atoms with Gasteiger partial charge in [-0.3, -0.25) is 4.79 Å². The highest BCUT2D eigenvalue weighted by molar-refractivity contribution is 5.85. The first kappa shape index (κ1) is 21.8. The minimum atomic E-state index is -4.36. The third-order valence-corrected chi connectivity index (χ3v) is 4.44. The largest absolute Gasteiger partial charge is 0.406 e. The summed E-state index contributed by atoms with van der Waals surface area (Å²) in [6, 6.07) is 7.66. The molecule has 0 aromatic heterocycles. The molecule has 0 aliphatic carbocycles. The minimum Gasteiger partial charge on any atom is -0.333 e. The molecule has 142 valence electrons. The molecule has 7 heteroatoms. The van der Waals surface area contributed by atoms with Crippen LogP contribution in [0.1, 0.15) is 30.4 Å². The van der Waals surface area contributed by atoms with Gasteiger partial charge in [0.25, 0.3) is 0 Å².